The third kappa shape index (κ3) is 4.35. The summed E-state index contributed by atoms with van der Waals surface area (Å²) < 4.78 is 10.9. The lowest BCUT2D eigenvalue weighted by molar-refractivity contribution is -0.184. The van der Waals surface area contributed by atoms with Crippen LogP contribution in [0.15, 0.2) is 30.0 Å². The number of methoxy groups -OCH3 is 1. The zero-order chi connectivity index (χ0) is 20.2. The van der Waals surface area contributed by atoms with Gasteiger partial charge in [0.15, 0.2) is 6.10 Å². The molecule has 156 valence electrons. The Labute approximate surface area is 175 Å². The number of rotatable bonds is 8. The van der Waals surface area contributed by atoms with E-state index in [9.17, 15) is 4.79 Å². The Morgan fingerprint density at radius 1 is 1.21 bits per heavy atom. The molecule has 4 rings (SSSR count). The van der Waals surface area contributed by atoms with Crippen molar-refractivity contribution in [3.05, 3.63) is 46.2 Å². The van der Waals surface area contributed by atoms with Crippen molar-refractivity contribution in [3.63, 3.8) is 0 Å². The Morgan fingerprint density at radius 2 is 1.97 bits per heavy atom. The number of nitrogens with zero attached hydrogens (tertiary/aromatic N) is 4. The first-order chi connectivity index (χ1) is 14.2. The highest BCUT2D eigenvalue weighted by Gasteiger charge is 2.52. The Bertz CT molecular complexity index is 807. The fraction of sp³-hybridized carbons (Fsp3) is 0.571. The number of carbonyl (C=O) groups is 1. The number of β-lactam (4-membered cyclic amide) rings is 1. The predicted octanol–water partition coefficient (Wildman–Crippen LogP) is 2.43. The lowest BCUT2D eigenvalue weighted by atomic mass is 9.86. The molecule has 2 aromatic rings. The van der Waals surface area contributed by atoms with Crippen LogP contribution >= 0.6 is 11.3 Å². The van der Waals surface area contributed by atoms with Crippen molar-refractivity contribution in [2.75, 3.05) is 33.4 Å². The first kappa shape index (κ1) is 20.4. The van der Waals surface area contributed by atoms with Crippen LogP contribution in [0.5, 0.6) is 0 Å². The second kappa shape index (κ2) is 9.30. The lowest BCUT2D eigenvalue weighted by Gasteiger charge is -2.52. The van der Waals surface area contributed by atoms with Crippen LogP contribution in [0, 0.1) is 6.92 Å². The first-order valence-corrected chi connectivity index (χ1v) is 11.0. The molecule has 4 heterocycles. The zero-order valence-corrected chi connectivity index (χ0v) is 17.8. The number of carbonyl (C=O) groups excluding carboxylic acids is 1. The number of piperidine rings is 1. The number of ether oxygens (including phenoxy) is 2. The molecule has 2 fully saturated rings. The van der Waals surface area contributed by atoms with Crippen LogP contribution in [0.25, 0.3) is 0 Å². The number of thiazole rings is 1. The normalized spacial score (nSPS) is 23.4. The fourth-order valence-corrected chi connectivity index (χ4v) is 5.06. The topological polar surface area (TPSA) is 67.8 Å². The van der Waals surface area contributed by atoms with E-state index in [0.29, 0.717) is 13.2 Å². The SMILES string of the molecule is COCCO[C@H]1C(=O)N(C2CCN(Cc3scnc3C)CC2)[C@H]1c1ccncc1. The van der Waals surface area contributed by atoms with E-state index in [0.717, 1.165) is 43.7 Å². The fourth-order valence-electron chi connectivity index (χ4n) is 4.24. The highest BCUT2D eigenvalue weighted by molar-refractivity contribution is 7.09. The van der Waals surface area contributed by atoms with E-state index in [4.69, 9.17) is 9.47 Å². The molecule has 0 spiro atoms. The van der Waals surface area contributed by atoms with Crippen molar-refractivity contribution in [3.8, 4) is 0 Å². The van der Waals surface area contributed by atoms with Crippen LogP contribution in [0.2, 0.25) is 0 Å². The number of likely N-dealkylation sites (tertiary alicyclic amines) is 2. The van der Waals surface area contributed by atoms with E-state index in [-0.39, 0.29) is 18.0 Å². The molecule has 0 unspecified atom stereocenters. The maximum atomic E-state index is 12.9. The van der Waals surface area contributed by atoms with Crippen molar-refractivity contribution >= 4 is 17.2 Å². The average Bonchev–Trinajstić information content (AvgIpc) is 3.15. The van der Waals surface area contributed by atoms with Gasteiger partial charge in [-0.05, 0) is 37.5 Å². The van der Waals surface area contributed by atoms with Gasteiger partial charge >= 0.3 is 0 Å². The summed E-state index contributed by atoms with van der Waals surface area (Å²) in [5, 5.41) is 0. The van der Waals surface area contributed by atoms with Gasteiger partial charge in [-0.1, -0.05) is 0 Å². The van der Waals surface area contributed by atoms with Gasteiger partial charge < -0.3 is 14.4 Å². The molecule has 0 saturated carbocycles. The van der Waals surface area contributed by atoms with Crippen molar-refractivity contribution in [2.24, 2.45) is 0 Å². The number of aryl methyl sites for hydroxylation is 1. The van der Waals surface area contributed by atoms with E-state index in [1.165, 1.54) is 4.88 Å². The van der Waals surface area contributed by atoms with Gasteiger partial charge in [0.05, 0.1) is 30.5 Å². The van der Waals surface area contributed by atoms with Gasteiger partial charge in [0.1, 0.15) is 0 Å². The van der Waals surface area contributed by atoms with Crippen LogP contribution in [-0.4, -0.2) is 71.2 Å². The molecule has 2 atom stereocenters. The van der Waals surface area contributed by atoms with Gasteiger partial charge in [-0.3, -0.25) is 14.7 Å². The number of amides is 1. The summed E-state index contributed by atoms with van der Waals surface area (Å²) in [5.74, 6) is 0.0969. The van der Waals surface area contributed by atoms with Crippen LogP contribution in [0.1, 0.15) is 35.0 Å². The van der Waals surface area contributed by atoms with Crippen LogP contribution in [0.3, 0.4) is 0 Å². The monoisotopic (exact) mass is 416 g/mol. The molecule has 29 heavy (non-hydrogen) atoms. The minimum absolute atomic E-state index is 0.0392. The highest BCUT2D eigenvalue weighted by Crippen LogP contribution is 2.41. The molecular formula is C21H28N4O3S. The second-order valence-corrected chi connectivity index (χ2v) is 8.56. The van der Waals surface area contributed by atoms with Crippen molar-refractivity contribution in [2.45, 2.75) is 44.5 Å². The quantitative estimate of drug-likeness (QED) is 0.486. The summed E-state index contributed by atoms with van der Waals surface area (Å²) in [6, 6.07) is 4.18. The number of aromatic nitrogens is 2. The van der Waals surface area contributed by atoms with Crippen LogP contribution in [0.4, 0.5) is 0 Å². The summed E-state index contributed by atoms with van der Waals surface area (Å²) in [6.45, 7) is 5.92. The van der Waals surface area contributed by atoms with E-state index < -0.39 is 6.10 Å². The molecule has 0 bridgehead atoms. The summed E-state index contributed by atoms with van der Waals surface area (Å²) in [5.41, 5.74) is 4.13. The lowest BCUT2D eigenvalue weighted by Crippen LogP contribution is -2.64. The maximum absolute atomic E-state index is 12.9. The molecular weight excluding hydrogens is 388 g/mol. The summed E-state index contributed by atoms with van der Waals surface area (Å²) in [4.78, 5) is 27.3. The van der Waals surface area contributed by atoms with Crippen LogP contribution in [-0.2, 0) is 20.8 Å². The van der Waals surface area contributed by atoms with Gasteiger partial charge in [-0.15, -0.1) is 11.3 Å². The van der Waals surface area contributed by atoms with Crippen molar-refractivity contribution in [1.29, 1.82) is 0 Å². The van der Waals surface area contributed by atoms with Crippen LogP contribution < -0.4 is 0 Å². The smallest absolute Gasteiger partial charge is 0.255 e. The van der Waals surface area contributed by atoms with Gasteiger partial charge in [0.2, 0.25) is 0 Å². The van der Waals surface area contributed by atoms with Gasteiger partial charge in [0, 0.05) is 50.1 Å². The van der Waals surface area contributed by atoms with Crippen molar-refractivity contribution < 1.29 is 14.3 Å². The summed E-state index contributed by atoms with van der Waals surface area (Å²) >= 11 is 1.72. The summed E-state index contributed by atoms with van der Waals surface area (Å²) in [7, 11) is 1.64. The third-order valence-electron chi connectivity index (χ3n) is 5.88. The van der Waals surface area contributed by atoms with E-state index in [1.807, 2.05) is 22.5 Å². The molecule has 2 aliphatic heterocycles. The summed E-state index contributed by atoms with van der Waals surface area (Å²) in [6.07, 6.45) is 5.10. The van der Waals surface area contributed by atoms with E-state index in [2.05, 4.69) is 21.8 Å². The molecule has 2 aromatic heterocycles. The third-order valence-corrected chi connectivity index (χ3v) is 6.80. The standard InChI is InChI=1S/C21H28N4O3S/c1-15-18(29-14-23-15)13-24-9-5-17(6-10-24)25-19(16-3-7-22-8-4-16)20(21(25)26)28-12-11-27-2/h3-4,7-8,14,17,19-20H,5-6,9-13H2,1-2H3/t19-,20+/m0/s1. The van der Waals surface area contributed by atoms with Gasteiger partial charge in [-0.25, -0.2) is 4.98 Å². The molecule has 8 heteroatoms. The number of pyridine rings is 1. The molecule has 7 nitrogen and oxygen atoms in total. The minimum atomic E-state index is -0.426. The van der Waals surface area contributed by atoms with Gasteiger partial charge in [0.25, 0.3) is 5.91 Å². The predicted molar refractivity (Wildman–Crippen MR) is 111 cm³/mol. The van der Waals surface area contributed by atoms with Gasteiger partial charge in [-0.2, -0.15) is 0 Å². The second-order valence-electron chi connectivity index (χ2n) is 7.62. The first-order valence-electron chi connectivity index (χ1n) is 10.1. The zero-order valence-electron chi connectivity index (χ0n) is 17.0. The number of hydrogen-bond acceptors (Lipinski definition) is 7. The molecule has 0 aromatic carbocycles. The molecule has 2 aliphatic rings. The van der Waals surface area contributed by atoms with E-state index in [1.54, 1.807) is 30.8 Å². The maximum Gasteiger partial charge on any atom is 0.255 e. The Hall–Kier alpha value is -1.87. The average molecular weight is 417 g/mol. The molecule has 0 radical (unpaired) electrons. The minimum Gasteiger partial charge on any atom is -0.382 e. The number of hydrogen-bond donors (Lipinski definition) is 0. The Kier molecular flexibility index (Phi) is 6.54. The largest absolute Gasteiger partial charge is 0.382 e. The Morgan fingerprint density at radius 3 is 2.62 bits per heavy atom. The molecule has 2 saturated heterocycles. The molecule has 0 aliphatic carbocycles. The molecule has 0 N–H and O–H groups in total. The van der Waals surface area contributed by atoms with E-state index >= 15 is 0 Å². The van der Waals surface area contributed by atoms with Crippen molar-refractivity contribution in [1.82, 2.24) is 19.8 Å². The highest BCUT2D eigenvalue weighted by atomic mass is 32.1. The molecule has 1 amide bonds. The Balaban J connectivity index is 1.40.